The van der Waals surface area contributed by atoms with Crippen molar-refractivity contribution in [3.63, 3.8) is 0 Å². The molecule has 4 aromatic rings. The van der Waals surface area contributed by atoms with Crippen molar-refractivity contribution in [2.75, 3.05) is 0 Å². The normalized spacial score (nSPS) is 13.3. The zero-order chi connectivity index (χ0) is 23.6. The molecule has 2 aromatic heterocycles. The summed E-state index contributed by atoms with van der Waals surface area (Å²) in [5.74, 6) is 3.42. The van der Waals surface area contributed by atoms with Crippen molar-refractivity contribution in [1.29, 1.82) is 0 Å². The summed E-state index contributed by atoms with van der Waals surface area (Å²) in [6.07, 6.45) is 1.70. The van der Waals surface area contributed by atoms with Crippen LogP contribution in [-0.2, 0) is 14.8 Å². The number of hydrogen-bond acceptors (Lipinski definition) is 4. The second-order valence-electron chi connectivity index (χ2n) is 7.39. The molecule has 0 aliphatic rings. The molecule has 0 amide bonds. The van der Waals surface area contributed by atoms with Crippen molar-refractivity contribution >= 4 is 38.2 Å². The molecule has 0 aliphatic carbocycles. The lowest BCUT2D eigenvalue weighted by Crippen LogP contribution is -2.43. The number of carboxylic acids is 1. The third kappa shape index (κ3) is 4.98. The van der Waals surface area contributed by atoms with E-state index in [1.807, 2.05) is 24.3 Å². The number of carboxylic acid groups (broad SMARTS) is 1. The highest BCUT2D eigenvalue weighted by Gasteiger charge is 2.33. The molecular formula is C24H19FN2O4S2. The molecule has 0 bridgehead atoms. The predicted molar refractivity (Wildman–Crippen MR) is 125 cm³/mol. The van der Waals surface area contributed by atoms with Gasteiger partial charge >= 0.3 is 5.97 Å². The van der Waals surface area contributed by atoms with Crippen LogP contribution in [0.15, 0.2) is 71.1 Å². The van der Waals surface area contributed by atoms with Gasteiger partial charge in [-0.25, -0.2) is 12.8 Å². The van der Waals surface area contributed by atoms with E-state index < -0.39 is 28.0 Å². The van der Waals surface area contributed by atoms with Gasteiger partial charge in [0, 0.05) is 28.6 Å². The van der Waals surface area contributed by atoms with Crippen LogP contribution in [0.4, 0.5) is 4.39 Å². The second-order valence-corrected chi connectivity index (χ2v) is 10.4. The van der Waals surface area contributed by atoms with Crippen molar-refractivity contribution in [3.8, 4) is 11.8 Å². The first-order valence-electron chi connectivity index (χ1n) is 9.93. The Kier molecular flexibility index (Phi) is 6.33. The number of halogens is 1. The number of aliphatic carboxylic acids is 1. The molecule has 0 saturated heterocycles. The fourth-order valence-corrected chi connectivity index (χ4v) is 5.89. The lowest BCUT2D eigenvalue weighted by atomic mass is 9.93. The van der Waals surface area contributed by atoms with Crippen molar-refractivity contribution in [2.24, 2.45) is 0 Å². The van der Waals surface area contributed by atoms with E-state index in [0.29, 0.717) is 16.0 Å². The first-order valence-corrected chi connectivity index (χ1v) is 12.2. The summed E-state index contributed by atoms with van der Waals surface area (Å²) in [7, 11) is -4.10. The van der Waals surface area contributed by atoms with E-state index in [-0.39, 0.29) is 10.0 Å². The van der Waals surface area contributed by atoms with Gasteiger partial charge in [0.2, 0.25) is 0 Å². The number of sulfonamides is 1. The highest BCUT2D eigenvalue weighted by atomic mass is 32.2. The number of thiophene rings is 1. The standard InChI is InChI=1S/C24H19FN2O4S2/c1-15(20-14-26-21-5-3-2-4-19(20)21)23(24(28)29)27-33(30,31)22-13-12-18(32-22)11-8-16-6-9-17(25)10-7-16/h2-7,9-10,12-15,23,26-27H,1H3,(H,28,29). The van der Waals surface area contributed by atoms with Crippen LogP contribution in [0.5, 0.6) is 0 Å². The maximum atomic E-state index is 13.0. The van der Waals surface area contributed by atoms with E-state index in [4.69, 9.17) is 0 Å². The summed E-state index contributed by atoms with van der Waals surface area (Å²) >= 11 is 0.930. The molecule has 0 saturated carbocycles. The van der Waals surface area contributed by atoms with E-state index in [2.05, 4.69) is 21.5 Å². The van der Waals surface area contributed by atoms with Gasteiger partial charge in [-0.15, -0.1) is 11.3 Å². The van der Waals surface area contributed by atoms with Crippen molar-refractivity contribution in [2.45, 2.75) is 23.1 Å². The molecule has 4 rings (SSSR count). The molecule has 3 N–H and O–H groups in total. The fraction of sp³-hybridized carbons (Fsp3) is 0.125. The van der Waals surface area contributed by atoms with Crippen LogP contribution in [0, 0.1) is 17.7 Å². The monoisotopic (exact) mass is 482 g/mol. The summed E-state index contributed by atoms with van der Waals surface area (Å²) in [6, 6.07) is 14.6. The minimum absolute atomic E-state index is 0.0386. The van der Waals surface area contributed by atoms with Crippen LogP contribution in [0.25, 0.3) is 10.9 Å². The van der Waals surface area contributed by atoms with Gasteiger partial charge in [0.05, 0.1) is 4.88 Å². The summed E-state index contributed by atoms with van der Waals surface area (Å²) in [5.41, 5.74) is 2.14. The molecule has 2 atom stereocenters. The van der Waals surface area contributed by atoms with Gasteiger partial charge < -0.3 is 10.1 Å². The Morgan fingerprint density at radius 3 is 2.55 bits per heavy atom. The number of carbonyl (C=O) groups is 1. The Labute approximate surface area is 194 Å². The van der Waals surface area contributed by atoms with Crippen LogP contribution in [0.1, 0.15) is 28.8 Å². The summed E-state index contributed by atoms with van der Waals surface area (Å²) < 4.78 is 41.2. The number of H-pyrrole nitrogens is 1. The zero-order valence-electron chi connectivity index (χ0n) is 17.4. The molecule has 2 heterocycles. The largest absolute Gasteiger partial charge is 0.480 e. The minimum Gasteiger partial charge on any atom is -0.480 e. The minimum atomic E-state index is -4.10. The van der Waals surface area contributed by atoms with Gasteiger partial charge in [0.15, 0.2) is 0 Å². The quantitative estimate of drug-likeness (QED) is 0.357. The molecule has 9 heteroatoms. The number of fused-ring (bicyclic) bond motifs is 1. The highest BCUT2D eigenvalue weighted by molar-refractivity contribution is 7.91. The molecule has 2 aromatic carbocycles. The second kappa shape index (κ2) is 9.19. The Bertz CT molecular complexity index is 1480. The van der Waals surface area contributed by atoms with Crippen LogP contribution in [0.2, 0.25) is 0 Å². The summed E-state index contributed by atoms with van der Waals surface area (Å²) in [5, 5.41) is 10.6. The third-order valence-corrected chi connectivity index (χ3v) is 8.11. The first-order chi connectivity index (χ1) is 15.7. The SMILES string of the molecule is CC(c1c[nH]c2ccccc12)C(NS(=O)(=O)c1ccc(C#Cc2ccc(F)cc2)s1)C(=O)O. The predicted octanol–water partition coefficient (Wildman–Crippen LogP) is 4.30. The number of aromatic amines is 1. The van der Waals surface area contributed by atoms with E-state index in [0.717, 1.165) is 22.2 Å². The van der Waals surface area contributed by atoms with Gasteiger partial charge in [-0.2, -0.15) is 4.72 Å². The Hall–Kier alpha value is -3.45. The molecule has 0 aliphatic heterocycles. The molecule has 168 valence electrons. The Balaban J connectivity index is 1.56. The third-order valence-electron chi connectivity index (χ3n) is 5.18. The number of hydrogen-bond donors (Lipinski definition) is 3. The smallest absolute Gasteiger partial charge is 0.322 e. The number of benzene rings is 2. The Morgan fingerprint density at radius 1 is 1.09 bits per heavy atom. The van der Waals surface area contributed by atoms with Crippen LogP contribution in [0.3, 0.4) is 0 Å². The fourth-order valence-electron chi connectivity index (χ4n) is 3.44. The molecule has 6 nitrogen and oxygen atoms in total. The van der Waals surface area contributed by atoms with Gasteiger partial charge in [0.1, 0.15) is 16.1 Å². The lowest BCUT2D eigenvalue weighted by Gasteiger charge is -2.21. The highest BCUT2D eigenvalue weighted by Crippen LogP contribution is 2.29. The van der Waals surface area contributed by atoms with Gasteiger partial charge in [-0.1, -0.05) is 37.0 Å². The molecule has 0 radical (unpaired) electrons. The number of para-hydroxylation sites is 1. The number of nitrogens with one attached hydrogen (secondary N) is 2. The average Bonchev–Trinajstić information content (AvgIpc) is 3.44. The number of aromatic nitrogens is 1. The maximum absolute atomic E-state index is 13.0. The lowest BCUT2D eigenvalue weighted by molar-refractivity contribution is -0.139. The Morgan fingerprint density at radius 2 is 1.82 bits per heavy atom. The van der Waals surface area contributed by atoms with Crippen molar-refractivity contribution in [1.82, 2.24) is 9.71 Å². The summed E-state index contributed by atoms with van der Waals surface area (Å²) in [4.78, 5) is 15.6. The number of rotatable bonds is 6. The van der Waals surface area contributed by atoms with Crippen molar-refractivity contribution in [3.05, 3.63) is 88.7 Å². The van der Waals surface area contributed by atoms with E-state index in [1.165, 1.54) is 30.3 Å². The average molecular weight is 483 g/mol. The molecular weight excluding hydrogens is 463 g/mol. The first kappa shape index (κ1) is 22.7. The zero-order valence-corrected chi connectivity index (χ0v) is 19.0. The van der Waals surface area contributed by atoms with Gasteiger partial charge in [-0.3, -0.25) is 4.79 Å². The van der Waals surface area contributed by atoms with Crippen molar-refractivity contribution < 1.29 is 22.7 Å². The van der Waals surface area contributed by atoms with E-state index in [1.54, 1.807) is 19.2 Å². The molecule has 0 fully saturated rings. The molecule has 0 spiro atoms. The van der Waals surface area contributed by atoms with Crippen LogP contribution in [-0.4, -0.2) is 30.5 Å². The van der Waals surface area contributed by atoms with Gasteiger partial charge in [0.25, 0.3) is 10.0 Å². The van der Waals surface area contributed by atoms with Gasteiger partial charge in [-0.05, 0) is 48.0 Å². The van der Waals surface area contributed by atoms with Crippen LogP contribution < -0.4 is 4.72 Å². The van der Waals surface area contributed by atoms with E-state index in [9.17, 15) is 22.7 Å². The maximum Gasteiger partial charge on any atom is 0.322 e. The summed E-state index contributed by atoms with van der Waals surface area (Å²) in [6.45, 7) is 1.67. The molecule has 33 heavy (non-hydrogen) atoms. The topological polar surface area (TPSA) is 99.3 Å². The molecule has 2 unspecified atom stereocenters. The van der Waals surface area contributed by atoms with Crippen LogP contribution >= 0.6 is 11.3 Å². The van der Waals surface area contributed by atoms with E-state index >= 15 is 0 Å².